The van der Waals surface area contributed by atoms with Gasteiger partial charge in [0.05, 0.1) is 0 Å². The first kappa shape index (κ1) is 16.9. The van der Waals surface area contributed by atoms with E-state index in [4.69, 9.17) is 4.74 Å². The molecule has 1 aliphatic heterocycles. The molecule has 0 spiro atoms. The lowest BCUT2D eigenvalue weighted by molar-refractivity contribution is -0.163. The molecule has 1 saturated carbocycles. The summed E-state index contributed by atoms with van der Waals surface area (Å²) in [6, 6.07) is -1.26. The summed E-state index contributed by atoms with van der Waals surface area (Å²) < 4.78 is 4.87. The number of nitrogens with one attached hydrogen (secondary N) is 2. The Morgan fingerprint density at radius 3 is 2.45 bits per heavy atom. The van der Waals surface area contributed by atoms with Crippen LogP contribution in [0.2, 0.25) is 0 Å². The Balaban J connectivity index is 1.91. The number of carboxylic acid groups (broad SMARTS) is 1. The van der Waals surface area contributed by atoms with Gasteiger partial charge in [0.25, 0.3) is 0 Å². The van der Waals surface area contributed by atoms with Crippen molar-refractivity contribution in [1.82, 2.24) is 10.6 Å². The fraction of sp³-hybridized carbons (Fsp3) is 0.800. The van der Waals surface area contributed by atoms with Gasteiger partial charge in [-0.3, -0.25) is 10.1 Å². The second-order valence-corrected chi connectivity index (χ2v) is 6.20. The largest absolute Gasteiger partial charge is 0.480 e. The van der Waals surface area contributed by atoms with Gasteiger partial charge >= 0.3 is 17.9 Å². The van der Waals surface area contributed by atoms with Crippen molar-refractivity contribution in [1.29, 1.82) is 0 Å². The van der Waals surface area contributed by atoms with Crippen molar-refractivity contribution < 1.29 is 24.2 Å². The average Bonchev–Trinajstić information content (AvgIpc) is 3.02. The second-order valence-electron chi connectivity index (χ2n) is 6.20. The zero-order valence-electron chi connectivity index (χ0n) is 12.9. The summed E-state index contributed by atoms with van der Waals surface area (Å²) in [5.41, 5.74) is -1.09. The smallest absolute Gasteiger partial charge is 0.330 e. The molecule has 1 heterocycles. The summed E-state index contributed by atoms with van der Waals surface area (Å²) in [4.78, 5) is 35.4. The van der Waals surface area contributed by atoms with Crippen molar-refractivity contribution in [3.05, 3.63) is 0 Å². The molecule has 0 aromatic heterocycles. The number of carbonyl (C=O) groups excluding carboxylic acids is 2. The van der Waals surface area contributed by atoms with Crippen molar-refractivity contribution in [2.75, 3.05) is 6.54 Å². The zero-order chi connectivity index (χ0) is 16.2. The van der Waals surface area contributed by atoms with E-state index >= 15 is 0 Å². The molecule has 7 heteroatoms. The number of carboxylic acids is 1. The molecule has 2 atom stereocenters. The van der Waals surface area contributed by atoms with Crippen LogP contribution in [0.15, 0.2) is 0 Å². The lowest BCUT2D eigenvalue weighted by Gasteiger charge is -2.35. The molecule has 1 unspecified atom stereocenters. The van der Waals surface area contributed by atoms with Crippen molar-refractivity contribution in [3.8, 4) is 0 Å². The lowest BCUT2D eigenvalue weighted by atomic mass is 9.81. The third kappa shape index (κ3) is 3.84. The van der Waals surface area contributed by atoms with E-state index in [1.165, 1.54) is 6.92 Å². The molecule has 22 heavy (non-hydrogen) atoms. The second kappa shape index (κ2) is 7.19. The van der Waals surface area contributed by atoms with Crippen LogP contribution >= 0.6 is 0 Å². The monoisotopic (exact) mass is 312 g/mol. The first-order valence-corrected chi connectivity index (χ1v) is 7.95. The molecular formula is C15H24N2O5. The molecule has 3 N–H and O–H groups in total. The number of carbonyl (C=O) groups is 3. The lowest BCUT2D eigenvalue weighted by Crippen LogP contribution is -2.58. The van der Waals surface area contributed by atoms with E-state index in [1.54, 1.807) is 0 Å². The van der Waals surface area contributed by atoms with Gasteiger partial charge in [-0.25, -0.2) is 9.59 Å². The van der Waals surface area contributed by atoms with Crippen LogP contribution in [0.5, 0.6) is 0 Å². The minimum atomic E-state index is -1.09. The van der Waals surface area contributed by atoms with Crippen LogP contribution in [-0.2, 0) is 19.1 Å². The molecule has 0 radical (unpaired) electrons. The standard InChI is InChI=1S/C15H24N2O5/c1-10(12(18)22-13(19)11-6-5-9-16-11)17-15(14(20)21)7-3-2-4-8-15/h10-11,16-17H,2-9H2,1H3,(H,20,21)/t10?,11-/m0/s1. The van der Waals surface area contributed by atoms with Gasteiger partial charge < -0.3 is 15.2 Å². The molecule has 0 aromatic rings. The summed E-state index contributed by atoms with van der Waals surface area (Å²) in [6.07, 6.45) is 5.13. The minimum absolute atomic E-state index is 0.431. The van der Waals surface area contributed by atoms with Gasteiger partial charge in [0.2, 0.25) is 0 Å². The topological polar surface area (TPSA) is 105 Å². The third-order valence-electron chi connectivity index (χ3n) is 4.51. The maximum Gasteiger partial charge on any atom is 0.330 e. The van der Waals surface area contributed by atoms with E-state index in [1.807, 2.05) is 0 Å². The minimum Gasteiger partial charge on any atom is -0.480 e. The molecule has 124 valence electrons. The van der Waals surface area contributed by atoms with E-state index in [9.17, 15) is 19.5 Å². The fourth-order valence-electron chi connectivity index (χ4n) is 3.19. The Morgan fingerprint density at radius 1 is 1.23 bits per heavy atom. The number of aliphatic carboxylic acids is 1. The first-order chi connectivity index (χ1) is 10.4. The SMILES string of the molecule is CC(NC1(C(=O)O)CCCCC1)C(=O)OC(=O)[C@@H]1CCCN1. The van der Waals surface area contributed by atoms with Crippen LogP contribution in [0.25, 0.3) is 0 Å². The first-order valence-electron chi connectivity index (χ1n) is 7.95. The molecular weight excluding hydrogens is 288 g/mol. The van der Waals surface area contributed by atoms with Crippen LogP contribution in [0.4, 0.5) is 0 Å². The van der Waals surface area contributed by atoms with Gasteiger partial charge in [-0.1, -0.05) is 19.3 Å². The Hall–Kier alpha value is -1.47. The van der Waals surface area contributed by atoms with E-state index in [-0.39, 0.29) is 0 Å². The summed E-state index contributed by atoms with van der Waals surface area (Å²) >= 11 is 0. The van der Waals surface area contributed by atoms with Crippen LogP contribution in [-0.4, -0.2) is 47.2 Å². The van der Waals surface area contributed by atoms with E-state index in [2.05, 4.69) is 10.6 Å². The predicted molar refractivity (Wildman–Crippen MR) is 78.2 cm³/mol. The van der Waals surface area contributed by atoms with E-state index in [0.717, 1.165) is 32.2 Å². The number of esters is 2. The summed E-state index contributed by atoms with van der Waals surface area (Å²) in [5.74, 6) is -2.25. The Labute approximate surface area is 129 Å². The molecule has 2 aliphatic rings. The zero-order valence-corrected chi connectivity index (χ0v) is 12.9. The van der Waals surface area contributed by atoms with E-state index in [0.29, 0.717) is 19.3 Å². The molecule has 2 rings (SSSR count). The van der Waals surface area contributed by atoms with Gasteiger partial charge in [-0.2, -0.15) is 0 Å². The average molecular weight is 312 g/mol. The highest BCUT2D eigenvalue weighted by Gasteiger charge is 2.42. The molecule has 0 amide bonds. The van der Waals surface area contributed by atoms with Crippen LogP contribution in [0, 0.1) is 0 Å². The normalized spacial score (nSPS) is 25.4. The Kier molecular flexibility index (Phi) is 5.52. The van der Waals surface area contributed by atoms with Gasteiger partial charge in [0, 0.05) is 0 Å². The number of rotatable bonds is 5. The molecule has 0 aromatic carbocycles. The van der Waals surface area contributed by atoms with Gasteiger partial charge in [0.1, 0.15) is 17.6 Å². The van der Waals surface area contributed by atoms with Crippen molar-refractivity contribution >= 4 is 17.9 Å². The molecule has 2 fully saturated rings. The summed E-state index contributed by atoms with van der Waals surface area (Å²) in [7, 11) is 0. The maximum absolute atomic E-state index is 12.0. The third-order valence-corrected chi connectivity index (χ3v) is 4.51. The Bertz CT molecular complexity index is 439. The molecule has 1 saturated heterocycles. The Morgan fingerprint density at radius 2 is 1.91 bits per heavy atom. The highest BCUT2D eigenvalue weighted by molar-refractivity contribution is 5.91. The summed E-state index contributed by atoms with van der Waals surface area (Å²) in [6.45, 7) is 2.28. The highest BCUT2D eigenvalue weighted by Crippen LogP contribution is 2.29. The molecule has 0 bridgehead atoms. The van der Waals surface area contributed by atoms with Crippen molar-refractivity contribution in [2.24, 2.45) is 0 Å². The number of hydrogen-bond acceptors (Lipinski definition) is 6. The molecule has 1 aliphatic carbocycles. The highest BCUT2D eigenvalue weighted by atomic mass is 16.6. The van der Waals surface area contributed by atoms with Gasteiger partial charge in [0.15, 0.2) is 0 Å². The van der Waals surface area contributed by atoms with Crippen LogP contribution < -0.4 is 10.6 Å². The number of ether oxygens (including phenoxy) is 1. The van der Waals surface area contributed by atoms with Crippen molar-refractivity contribution in [2.45, 2.75) is 69.5 Å². The van der Waals surface area contributed by atoms with Crippen LogP contribution in [0.3, 0.4) is 0 Å². The maximum atomic E-state index is 12.0. The van der Waals surface area contributed by atoms with E-state index < -0.39 is 35.5 Å². The predicted octanol–water partition coefficient (Wildman–Crippen LogP) is 0.574. The van der Waals surface area contributed by atoms with Gasteiger partial charge in [-0.15, -0.1) is 0 Å². The van der Waals surface area contributed by atoms with Gasteiger partial charge in [-0.05, 0) is 39.2 Å². The fourth-order valence-corrected chi connectivity index (χ4v) is 3.19. The number of hydrogen-bond donors (Lipinski definition) is 3. The molecule has 7 nitrogen and oxygen atoms in total. The van der Waals surface area contributed by atoms with Crippen LogP contribution in [0.1, 0.15) is 51.9 Å². The summed E-state index contributed by atoms with van der Waals surface area (Å²) in [5, 5.41) is 15.3. The van der Waals surface area contributed by atoms with Crippen molar-refractivity contribution in [3.63, 3.8) is 0 Å². The quantitative estimate of drug-likeness (QED) is 0.503.